The Morgan fingerprint density at radius 1 is 1.37 bits per heavy atom. The minimum atomic E-state index is -2.76. The Balaban J connectivity index is 1.97. The molecule has 0 aliphatic carbocycles. The summed E-state index contributed by atoms with van der Waals surface area (Å²) < 4.78 is 32.3. The van der Waals surface area contributed by atoms with E-state index in [1.807, 2.05) is 0 Å². The number of alkyl halides is 2. The molecule has 30 heavy (non-hydrogen) atoms. The Hall–Kier alpha value is -2.91. The highest BCUT2D eigenvalue weighted by atomic mass is 35.5. The van der Waals surface area contributed by atoms with Crippen molar-refractivity contribution in [1.29, 1.82) is 0 Å². The molecule has 2 atom stereocenters. The predicted octanol–water partition coefficient (Wildman–Crippen LogP) is 2.88. The van der Waals surface area contributed by atoms with Gasteiger partial charge in [0.05, 0.1) is 18.8 Å². The van der Waals surface area contributed by atoms with E-state index < -0.39 is 24.5 Å². The van der Waals surface area contributed by atoms with E-state index in [2.05, 4.69) is 21.9 Å². The van der Waals surface area contributed by atoms with Crippen LogP contribution in [0, 0.1) is 0 Å². The van der Waals surface area contributed by atoms with Gasteiger partial charge in [0.25, 0.3) is 12.3 Å². The SMILES string of the molecule is C=CC(=O)N1CC(c2cc(Cl)nc(-c3ccnc(C(=O)NC)c3)c2)O[C@@H](C(F)F)C1. The number of hydrogen-bond acceptors (Lipinski definition) is 5. The molecule has 1 saturated heterocycles. The van der Waals surface area contributed by atoms with E-state index in [9.17, 15) is 18.4 Å². The summed E-state index contributed by atoms with van der Waals surface area (Å²) >= 11 is 6.17. The number of carbonyl (C=O) groups excluding carboxylic acids is 2. The zero-order valence-corrected chi connectivity index (χ0v) is 16.8. The third-order valence-electron chi connectivity index (χ3n) is 4.60. The number of carbonyl (C=O) groups is 2. The summed E-state index contributed by atoms with van der Waals surface area (Å²) in [7, 11) is 1.49. The second-order valence-electron chi connectivity index (χ2n) is 6.56. The van der Waals surface area contributed by atoms with Crippen molar-refractivity contribution in [1.82, 2.24) is 20.2 Å². The lowest BCUT2D eigenvalue weighted by Gasteiger charge is -2.37. The Kier molecular flexibility index (Phi) is 6.73. The van der Waals surface area contributed by atoms with E-state index in [0.717, 1.165) is 6.08 Å². The maximum atomic E-state index is 13.4. The minimum absolute atomic E-state index is 0.0632. The molecule has 0 aromatic carbocycles. The number of nitrogens with zero attached hydrogens (tertiary/aromatic N) is 3. The fraction of sp³-hybridized carbons (Fsp3) is 0.300. The number of morpholine rings is 1. The fourth-order valence-electron chi connectivity index (χ4n) is 3.11. The van der Waals surface area contributed by atoms with Gasteiger partial charge in [-0.05, 0) is 35.9 Å². The van der Waals surface area contributed by atoms with Gasteiger partial charge >= 0.3 is 0 Å². The van der Waals surface area contributed by atoms with Crippen LogP contribution in [0.25, 0.3) is 11.3 Å². The van der Waals surface area contributed by atoms with Crippen molar-refractivity contribution in [2.24, 2.45) is 0 Å². The first-order valence-electron chi connectivity index (χ1n) is 9.03. The predicted molar refractivity (Wildman–Crippen MR) is 106 cm³/mol. The number of nitrogens with one attached hydrogen (secondary N) is 1. The number of rotatable bonds is 5. The molecule has 1 N–H and O–H groups in total. The van der Waals surface area contributed by atoms with Gasteiger partial charge in [0.15, 0.2) is 0 Å². The standard InChI is InChI=1S/C20H19ClF2N4O3/c1-3-18(28)27-9-15(30-16(10-27)19(22)23)12-7-13(26-17(21)8-12)11-4-5-25-14(6-11)20(29)24-2/h3-8,15-16,19H,1,9-10H2,2H3,(H,24,29)/t15?,16-/m1/s1. The van der Waals surface area contributed by atoms with Gasteiger partial charge in [-0.3, -0.25) is 14.6 Å². The summed E-state index contributed by atoms with van der Waals surface area (Å²) in [6.07, 6.45) is -2.51. The summed E-state index contributed by atoms with van der Waals surface area (Å²) in [5.74, 6) is -0.827. The topological polar surface area (TPSA) is 84.4 Å². The molecule has 3 rings (SSSR count). The van der Waals surface area contributed by atoms with E-state index in [1.54, 1.807) is 18.2 Å². The Morgan fingerprint density at radius 3 is 2.80 bits per heavy atom. The molecule has 1 unspecified atom stereocenters. The summed E-state index contributed by atoms with van der Waals surface area (Å²) in [6, 6.07) is 6.32. The number of amides is 2. The lowest BCUT2D eigenvalue weighted by atomic mass is 10.0. The molecule has 158 valence electrons. The van der Waals surface area contributed by atoms with E-state index >= 15 is 0 Å². The van der Waals surface area contributed by atoms with Gasteiger partial charge in [0, 0.05) is 18.8 Å². The van der Waals surface area contributed by atoms with Gasteiger partial charge in [0.2, 0.25) is 5.91 Å². The van der Waals surface area contributed by atoms with Crippen LogP contribution in [-0.2, 0) is 9.53 Å². The first-order chi connectivity index (χ1) is 14.3. The van der Waals surface area contributed by atoms with Gasteiger partial charge in [-0.2, -0.15) is 0 Å². The highest BCUT2D eigenvalue weighted by molar-refractivity contribution is 6.29. The number of halogens is 3. The number of aromatic nitrogens is 2. The summed E-state index contributed by atoms with van der Waals surface area (Å²) in [5.41, 5.74) is 1.64. The van der Waals surface area contributed by atoms with Crippen molar-refractivity contribution in [2.45, 2.75) is 18.6 Å². The zero-order chi connectivity index (χ0) is 21.8. The maximum Gasteiger partial charge on any atom is 0.269 e. The fourth-order valence-corrected chi connectivity index (χ4v) is 3.33. The van der Waals surface area contributed by atoms with Gasteiger partial charge in [-0.1, -0.05) is 18.2 Å². The summed E-state index contributed by atoms with van der Waals surface area (Å²) in [6.45, 7) is 3.24. The van der Waals surface area contributed by atoms with Crippen LogP contribution in [-0.4, -0.2) is 59.3 Å². The first-order valence-corrected chi connectivity index (χ1v) is 9.41. The average Bonchev–Trinajstić information content (AvgIpc) is 2.77. The van der Waals surface area contributed by atoms with Crippen LogP contribution >= 0.6 is 11.6 Å². The molecule has 7 nitrogen and oxygen atoms in total. The summed E-state index contributed by atoms with van der Waals surface area (Å²) in [5, 5.41) is 2.60. The van der Waals surface area contributed by atoms with Gasteiger partial charge < -0.3 is 15.0 Å². The van der Waals surface area contributed by atoms with E-state index in [-0.39, 0.29) is 29.8 Å². The molecular formula is C20H19ClF2N4O3. The largest absolute Gasteiger partial charge is 0.361 e. The number of pyridine rings is 2. The molecule has 10 heteroatoms. The Labute approximate surface area is 176 Å². The van der Waals surface area contributed by atoms with Crippen molar-refractivity contribution in [3.8, 4) is 11.3 Å². The van der Waals surface area contributed by atoms with Gasteiger partial charge in [0.1, 0.15) is 23.1 Å². The maximum absolute atomic E-state index is 13.4. The van der Waals surface area contributed by atoms with Gasteiger partial charge in [-0.15, -0.1) is 0 Å². The smallest absolute Gasteiger partial charge is 0.269 e. The second kappa shape index (κ2) is 9.27. The molecule has 3 heterocycles. The normalized spacial score (nSPS) is 18.9. The van der Waals surface area contributed by atoms with E-state index in [4.69, 9.17) is 16.3 Å². The van der Waals surface area contributed by atoms with Crippen LogP contribution in [0.2, 0.25) is 5.15 Å². The van der Waals surface area contributed by atoms with Crippen LogP contribution in [0.1, 0.15) is 22.2 Å². The number of hydrogen-bond donors (Lipinski definition) is 1. The first kappa shape index (κ1) is 21.8. The van der Waals surface area contributed by atoms with Crippen molar-refractivity contribution in [3.63, 3.8) is 0 Å². The molecule has 2 aromatic rings. The molecule has 0 bridgehead atoms. The molecule has 2 aromatic heterocycles. The monoisotopic (exact) mass is 436 g/mol. The Morgan fingerprint density at radius 2 is 2.13 bits per heavy atom. The second-order valence-corrected chi connectivity index (χ2v) is 6.95. The quantitative estimate of drug-likeness (QED) is 0.575. The van der Waals surface area contributed by atoms with Crippen LogP contribution in [0.4, 0.5) is 8.78 Å². The van der Waals surface area contributed by atoms with Crippen molar-refractivity contribution in [3.05, 3.63) is 59.5 Å². The van der Waals surface area contributed by atoms with Crippen LogP contribution in [0.5, 0.6) is 0 Å². The van der Waals surface area contributed by atoms with Crippen molar-refractivity contribution >= 4 is 23.4 Å². The van der Waals surface area contributed by atoms with Gasteiger partial charge in [-0.25, -0.2) is 13.8 Å². The molecule has 0 spiro atoms. The van der Waals surface area contributed by atoms with Crippen LogP contribution < -0.4 is 5.32 Å². The molecule has 0 saturated carbocycles. The van der Waals surface area contributed by atoms with Crippen molar-refractivity contribution < 1.29 is 23.1 Å². The third-order valence-corrected chi connectivity index (χ3v) is 4.79. The van der Waals surface area contributed by atoms with Crippen LogP contribution in [0.15, 0.2) is 43.1 Å². The molecule has 1 aliphatic rings. The highest BCUT2D eigenvalue weighted by Gasteiger charge is 2.35. The molecular weight excluding hydrogens is 418 g/mol. The van der Waals surface area contributed by atoms with E-state index in [0.29, 0.717) is 16.8 Å². The lowest BCUT2D eigenvalue weighted by Crippen LogP contribution is -2.48. The minimum Gasteiger partial charge on any atom is -0.361 e. The van der Waals surface area contributed by atoms with Crippen molar-refractivity contribution in [2.75, 3.05) is 20.1 Å². The molecule has 2 amide bonds. The molecule has 1 aliphatic heterocycles. The summed E-state index contributed by atoms with van der Waals surface area (Å²) in [4.78, 5) is 33.4. The highest BCUT2D eigenvalue weighted by Crippen LogP contribution is 2.31. The average molecular weight is 437 g/mol. The van der Waals surface area contributed by atoms with E-state index in [1.165, 1.54) is 24.2 Å². The number of ether oxygens (including phenoxy) is 1. The third kappa shape index (κ3) is 4.80. The van der Waals surface area contributed by atoms with Crippen LogP contribution in [0.3, 0.4) is 0 Å². The lowest BCUT2D eigenvalue weighted by molar-refractivity contribution is -0.159. The molecule has 0 radical (unpaired) electrons. The zero-order valence-electron chi connectivity index (χ0n) is 16.0. The Bertz CT molecular complexity index is 973. The molecule has 1 fully saturated rings.